The van der Waals surface area contributed by atoms with E-state index in [9.17, 15) is 4.79 Å². The molecule has 7 heteroatoms. The molecule has 21 heavy (non-hydrogen) atoms. The van der Waals surface area contributed by atoms with E-state index in [1.807, 2.05) is 4.90 Å². The van der Waals surface area contributed by atoms with Crippen LogP contribution in [0.2, 0.25) is 0 Å². The third-order valence-corrected chi connectivity index (χ3v) is 4.77. The minimum atomic E-state index is 0. The molecule has 2 heterocycles. The lowest BCUT2D eigenvalue weighted by molar-refractivity contribution is -0.129. The van der Waals surface area contributed by atoms with Gasteiger partial charge in [-0.2, -0.15) is 0 Å². The van der Waals surface area contributed by atoms with Crippen molar-refractivity contribution in [1.29, 1.82) is 0 Å². The number of amides is 1. The average molecular weight is 336 g/mol. The Balaban J connectivity index is 0.00000220. The molecule has 0 radical (unpaired) electrons. The number of halogens is 1. The van der Waals surface area contributed by atoms with Gasteiger partial charge in [-0.05, 0) is 31.6 Å². The van der Waals surface area contributed by atoms with Crippen LogP contribution in [-0.4, -0.2) is 54.1 Å². The quantitative estimate of drug-likeness (QED) is 0.629. The number of hydrogen-bond donors (Lipinski definition) is 1. The lowest BCUT2D eigenvalue weighted by atomic mass is 9.99. The molecule has 0 aliphatic carbocycles. The van der Waals surface area contributed by atoms with Crippen LogP contribution in [0.25, 0.3) is 0 Å². The zero-order valence-corrected chi connectivity index (χ0v) is 14.3. The van der Waals surface area contributed by atoms with Crippen LogP contribution < -0.4 is 5.73 Å². The first-order valence-electron chi connectivity index (χ1n) is 7.47. The summed E-state index contributed by atoms with van der Waals surface area (Å²) in [4.78, 5) is 18.3. The highest BCUT2D eigenvalue weighted by molar-refractivity contribution is 8.14. The van der Waals surface area contributed by atoms with Gasteiger partial charge in [0.15, 0.2) is 5.17 Å². The molecule has 2 aliphatic heterocycles. The van der Waals surface area contributed by atoms with Crippen LogP contribution in [0.4, 0.5) is 0 Å². The van der Waals surface area contributed by atoms with Gasteiger partial charge in [0, 0.05) is 19.7 Å². The van der Waals surface area contributed by atoms with E-state index in [0.29, 0.717) is 17.5 Å². The normalized spacial score (nSPS) is 24.0. The molecule has 122 valence electrons. The minimum absolute atomic E-state index is 0. The van der Waals surface area contributed by atoms with Crippen molar-refractivity contribution in [2.45, 2.75) is 38.7 Å². The van der Waals surface area contributed by atoms with Crippen LogP contribution in [0.1, 0.15) is 32.6 Å². The largest absolute Gasteiger partial charge is 0.379 e. The number of carbonyl (C=O) groups excluding carboxylic acids is 1. The van der Waals surface area contributed by atoms with E-state index in [4.69, 9.17) is 10.5 Å². The number of aliphatic imine (C=N–C) groups is 1. The maximum absolute atomic E-state index is 12.0. The fourth-order valence-corrected chi connectivity index (χ4v) is 3.13. The van der Waals surface area contributed by atoms with Crippen molar-refractivity contribution < 1.29 is 9.53 Å². The summed E-state index contributed by atoms with van der Waals surface area (Å²) >= 11 is 1.34. The monoisotopic (exact) mass is 335 g/mol. The van der Waals surface area contributed by atoms with Crippen molar-refractivity contribution in [2.24, 2.45) is 16.6 Å². The number of carbonyl (C=O) groups is 1. The predicted molar refractivity (Wildman–Crippen MR) is 90.1 cm³/mol. The maximum atomic E-state index is 12.0. The summed E-state index contributed by atoms with van der Waals surface area (Å²) in [6, 6.07) is 0. The molecular formula is C14H26ClN3O2S. The van der Waals surface area contributed by atoms with Crippen molar-refractivity contribution in [1.82, 2.24) is 4.90 Å². The first-order chi connectivity index (χ1) is 9.65. The number of likely N-dealkylation sites (tertiary alicyclic amines) is 1. The second kappa shape index (κ2) is 9.54. The number of amidine groups is 1. The van der Waals surface area contributed by atoms with E-state index in [1.54, 1.807) is 0 Å². The van der Waals surface area contributed by atoms with Crippen molar-refractivity contribution in [3.63, 3.8) is 0 Å². The van der Waals surface area contributed by atoms with E-state index in [0.717, 1.165) is 51.3 Å². The van der Waals surface area contributed by atoms with Crippen LogP contribution in [-0.2, 0) is 9.53 Å². The molecule has 5 nitrogen and oxygen atoms in total. The summed E-state index contributed by atoms with van der Waals surface area (Å²) in [5, 5.41) is 0.499. The van der Waals surface area contributed by atoms with E-state index in [2.05, 4.69) is 11.9 Å². The second-order valence-electron chi connectivity index (χ2n) is 5.67. The van der Waals surface area contributed by atoms with Crippen molar-refractivity contribution in [2.75, 3.05) is 32.0 Å². The summed E-state index contributed by atoms with van der Waals surface area (Å²) in [5.74, 6) is 1.32. The lowest BCUT2D eigenvalue weighted by Crippen LogP contribution is -2.39. The number of nitrogens with zero attached hydrogens (tertiary/aromatic N) is 2. The van der Waals surface area contributed by atoms with Gasteiger partial charge in [-0.25, -0.2) is 0 Å². The molecule has 0 spiro atoms. The molecule has 2 rings (SSSR count). The Hall–Kier alpha value is -0.460. The lowest BCUT2D eigenvalue weighted by Gasteiger charge is -2.30. The number of piperidine rings is 1. The number of thioether (sulfide) groups is 1. The van der Waals surface area contributed by atoms with Crippen molar-refractivity contribution >= 4 is 35.2 Å². The minimum Gasteiger partial charge on any atom is -0.379 e. The van der Waals surface area contributed by atoms with Crippen molar-refractivity contribution in [3.05, 3.63) is 0 Å². The maximum Gasteiger partial charge on any atom is 0.233 e. The predicted octanol–water partition coefficient (Wildman–Crippen LogP) is 1.89. The molecule has 2 N–H and O–H groups in total. The van der Waals surface area contributed by atoms with Crippen molar-refractivity contribution in [3.8, 4) is 0 Å². The Morgan fingerprint density at radius 1 is 1.38 bits per heavy atom. The van der Waals surface area contributed by atoms with E-state index >= 15 is 0 Å². The molecule has 0 aromatic heterocycles. The standard InChI is InChI=1S/C14H25N3O2S.ClH/c1-11-4-6-17(7-5-11)13(18)10-20-14(15)16-9-12-3-2-8-19-12;/h11-12H,2-10H2,1H3,(H2,15,16);1H. The van der Waals surface area contributed by atoms with Gasteiger partial charge < -0.3 is 15.4 Å². The molecule has 1 unspecified atom stereocenters. The van der Waals surface area contributed by atoms with Crippen LogP contribution in [0.3, 0.4) is 0 Å². The van der Waals surface area contributed by atoms with E-state index in [-0.39, 0.29) is 24.4 Å². The van der Waals surface area contributed by atoms with Gasteiger partial charge in [0.05, 0.1) is 18.4 Å². The Morgan fingerprint density at radius 3 is 2.71 bits per heavy atom. The highest BCUT2D eigenvalue weighted by atomic mass is 35.5. The fourth-order valence-electron chi connectivity index (χ4n) is 2.51. The van der Waals surface area contributed by atoms with Gasteiger partial charge in [-0.15, -0.1) is 12.4 Å². The Bertz CT molecular complexity index is 354. The molecule has 2 saturated heterocycles. The Morgan fingerprint density at radius 2 is 2.10 bits per heavy atom. The number of hydrogen-bond acceptors (Lipinski definition) is 4. The Kier molecular flexibility index (Phi) is 8.44. The van der Waals surface area contributed by atoms with Gasteiger partial charge in [0.25, 0.3) is 0 Å². The Labute approximate surface area is 137 Å². The summed E-state index contributed by atoms with van der Waals surface area (Å²) in [7, 11) is 0. The molecular weight excluding hydrogens is 310 g/mol. The van der Waals surface area contributed by atoms with Crippen LogP contribution in [0.15, 0.2) is 4.99 Å². The van der Waals surface area contributed by atoms with Crippen LogP contribution >= 0.6 is 24.2 Å². The third kappa shape index (κ3) is 6.45. The van der Waals surface area contributed by atoms with Crippen LogP contribution in [0.5, 0.6) is 0 Å². The molecule has 1 atom stereocenters. The molecule has 2 fully saturated rings. The number of ether oxygens (including phenoxy) is 1. The van der Waals surface area contributed by atoms with E-state index < -0.39 is 0 Å². The van der Waals surface area contributed by atoms with E-state index in [1.165, 1.54) is 11.8 Å². The summed E-state index contributed by atoms with van der Waals surface area (Å²) in [5.41, 5.74) is 5.84. The van der Waals surface area contributed by atoms with Gasteiger partial charge in [0.2, 0.25) is 5.91 Å². The second-order valence-corrected chi connectivity index (χ2v) is 6.66. The summed E-state index contributed by atoms with van der Waals surface area (Å²) in [6.45, 7) is 5.46. The highest BCUT2D eigenvalue weighted by Crippen LogP contribution is 2.17. The highest BCUT2D eigenvalue weighted by Gasteiger charge is 2.20. The topological polar surface area (TPSA) is 67.9 Å². The molecule has 0 bridgehead atoms. The fraction of sp³-hybridized carbons (Fsp3) is 0.857. The SMILES string of the molecule is CC1CCN(C(=O)CSC(N)=NCC2CCCO2)CC1.Cl. The number of nitrogens with two attached hydrogens (primary N) is 1. The van der Waals surface area contributed by atoms with Gasteiger partial charge in [-0.1, -0.05) is 18.7 Å². The molecule has 0 aromatic rings. The van der Waals surface area contributed by atoms with Gasteiger partial charge in [0.1, 0.15) is 0 Å². The summed E-state index contributed by atoms with van der Waals surface area (Å²) in [6.07, 6.45) is 4.61. The average Bonchev–Trinajstić information content (AvgIpc) is 2.96. The van der Waals surface area contributed by atoms with Crippen LogP contribution in [0, 0.1) is 5.92 Å². The molecule has 2 aliphatic rings. The summed E-state index contributed by atoms with van der Waals surface area (Å²) < 4.78 is 5.49. The number of rotatable bonds is 4. The zero-order valence-electron chi connectivity index (χ0n) is 12.6. The smallest absolute Gasteiger partial charge is 0.233 e. The van der Waals surface area contributed by atoms with Gasteiger partial charge >= 0.3 is 0 Å². The van der Waals surface area contributed by atoms with Gasteiger partial charge in [-0.3, -0.25) is 9.79 Å². The molecule has 0 saturated carbocycles. The zero-order chi connectivity index (χ0) is 14.4. The first kappa shape index (κ1) is 18.6. The molecule has 0 aromatic carbocycles. The third-order valence-electron chi connectivity index (χ3n) is 3.95. The first-order valence-corrected chi connectivity index (χ1v) is 8.46. The molecule has 1 amide bonds.